The summed E-state index contributed by atoms with van der Waals surface area (Å²) in [6.07, 6.45) is 1.23. The maximum Gasteiger partial charge on any atom is 0.129 e. The predicted octanol–water partition coefficient (Wildman–Crippen LogP) is 3.30. The third-order valence-electron chi connectivity index (χ3n) is 3.81. The molecule has 1 saturated heterocycles. The van der Waals surface area contributed by atoms with Gasteiger partial charge in [0.25, 0.3) is 0 Å². The summed E-state index contributed by atoms with van der Waals surface area (Å²) in [5.74, 6) is 0.452. The van der Waals surface area contributed by atoms with Crippen LogP contribution in [0.15, 0.2) is 18.2 Å². The van der Waals surface area contributed by atoms with Crippen LogP contribution in [-0.4, -0.2) is 30.6 Å². The Morgan fingerprint density at radius 3 is 2.89 bits per heavy atom. The fourth-order valence-corrected chi connectivity index (χ4v) is 2.73. The zero-order valence-corrected chi connectivity index (χ0v) is 12.4. The largest absolute Gasteiger partial charge is 0.312 e. The van der Waals surface area contributed by atoms with Crippen LogP contribution in [0.25, 0.3) is 0 Å². The van der Waals surface area contributed by atoms with E-state index in [9.17, 15) is 4.39 Å². The lowest BCUT2D eigenvalue weighted by Gasteiger charge is -2.20. The third-order valence-corrected chi connectivity index (χ3v) is 4.05. The average Bonchev–Trinajstić information content (AvgIpc) is 2.81. The topological polar surface area (TPSA) is 15.3 Å². The minimum absolute atomic E-state index is 0.227. The van der Waals surface area contributed by atoms with E-state index in [2.05, 4.69) is 24.1 Å². The van der Waals surface area contributed by atoms with Crippen molar-refractivity contribution < 1.29 is 4.39 Å². The van der Waals surface area contributed by atoms with Crippen molar-refractivity contribution >= 4 is 11.6 Å². The second kappa shape index (κ2) is 6.69. The molecule has 1 unspecified atom stereocenters. The van der Waals surface area contributed by atoms with Crippen molar-refractivity contribution in [2.24, 2.45) is 5.92 Å². The van der Waals surface area contributed by atoms with Crippen molar-refractivity contribution in [2.75, 3.05) is 19.6 Å². The lowest BCUT2D eigenvalue weighted by molar-refractivity contribution is 0.264. The first-order valence-corrected chi connectivity index (χ1v) is 7.32. The number of nitrogens with one attached hydrogen (secondary N) is 1. The summed E-state index contributed by atoms with van der Waals surface area (Å²) >= 11 is 5.73. The number of likely N-dealkylation sites (tertiary alicyclic amines) is 1. The summed E-state index contributed by atoms with van der Waals surface area (Å²) in [6, 6.07) is 5.48. The van der Waals surface area contributed by atoms with Crippen LogP contribution in [0.3, 0.4) is 0 Å². The predicted molar refractivity (Wildman–Crippen MR) is 77.9 cm³/mol. The Kier molecular flexibility index (Phi) is 5.20. The van der Waals surface area contributed by atoms with Crippen LogP contribution in [0.1, 0.15) is 25.8 Å². The molecule has 0 bridgehead atoms. The first-order valence-electron chi connectivity index (χ1n) is 6.95. The summed E-state index contributed by atoms with van der Waals surface area (Å²) in [4.78, 5) is 2.50. The van der Waals surface area contributed by atoms with E-state index in [4.69, 9.17) is 11.6 Å². The minimum atomic E-state index is -0.227. The van der Waals surface area contributed by atoms with Gasteiger partial charge in [-0.3, -0.25) is 0 Å². The van der Waals surface area contributed by atoms with Gasteiger partial charge in [0.05, 0.1) is 0 Å². The molecule has 0 spiro atoms. The van der Waals surface area contributed by atoms with E-state index in [-0.39, 0.29) is 5.82 Å². The van der Waals surface area contributed by atoms with Gasteiger partial charge >= 0.3 is 0 Å². The summed E-state index contributed by atoms with van der Waals surface area (Å²) in [6.45, 7) is 8.32. The van der Waals surface area contributed by atoms with Gasteiger partial charge in [-0.25, -0.2) is 4.39 Å². The molecule has 1 aromatic rings. The van der Waals surface area contributed by atoms with Crippen molar-refractivity contribution in [3.8, 4) is 0 Å². The molecular weight excluding hydrogens is 263 g/mol. The molecule has 0 amide bonds. The van der Waals surface area contributed by atoms with E-state index in [0.717, 1.165) is 13.1 Å². The van der Waals surface area contributed by atoms with E-state index in [1.165, 1.54) is 19.0 Å². The molecule has 1 N–H and O–H groups in total. The van der Waals surface area contributed by atoms with Gasteiger partial charge in [0.1, 0.15) is 5.82 Å². The van der Waals surface area contributed by atoms with Crippen molar-refractivity contribution in [2.45, 2.75) is 32.9 Å². The van der Waals surface area contributed by atoms with Crippen LogP contribution in [0, 0.1) is 11.7 Å². The van der Waals surface area contributed by atoms with Crippen molar-refractivity contribution in [1.29, 1.82) is 0 Å². The molecule has 106 valence electrons. The minimum Gasteiger partial charge on any atom is -0.312 e. The number of benzene rings is 1. The van der Waals surface area contributed by atoms with Crippen LogP contribution >= 0.6 is 11.6 Å². The highest BCUT2D eigenvalue weighted by atomic mass is 35.5. The van der Waals surface area contributed by atoms with Gasteiger partial charge in [-0.1, -0.05) is 17.7 Å². The van der Waals surface area contributed by atoms with Gasteiger partial charge in [0, 0.05) is 29.7 Å². The van der Waals surface area contributed by atoms with Gasteiger partial charge in [-0.2, -0.15) is 0 Å². The lowest BCUT2D eigenvalue weighted by atomic mass is 10.1. The van der Waals surface area contributed by atoms with Crippen LogP contribution in [0.4, 0.5) is 4.39 Å². The Labute approximate surface area is 119 Å². The van der Waals surface area contributed by atoms with Crippen LogP contribution < -0.4 is 5.32 Å². The fourth-order valence-electron chi connectivity index (χ4n) is 2.57. The quantitative estimate of drug-likeness (QED) is 0.892. The fraction of sp³-hybridized carbons (Fsp3) is 0.600. The van der Waals surface area contributed by atoms with Gasteiger partial charge in [-0.05, 0) is 51.4 Å². The van der Waals surface area contributed by atoms with E-state index >= 15 is 0 Å². The second-order valence-electron chi connectivity index (χ2n) is 5.61. The standard InChI is InChI=1S/C15H22ClFN2/c1-11(2)19-6-5-12(10-19)8-18-9-13-3-4-14(16)7-15(13)17/h3-4,7,11-12,18H,5-6,8-10H2,1-2H3. The van der Waals surface area contributed by atoms with Crippen molar-refractivity contribution in [3.05, 3.63) is 34.6 Å². The molecule has 1 atom stereocenters. The molecule has 0 aromatic heterocycles. The molecule has 4 heteroatoms. The van der Waals surface area contributed by atoms with Gasteiger partial charge in [-0.15, -0.1) is 0 Å². The maximum atomic E-state index is 13.6. The molecule has 1 fully saturated rings. The molecule has 1 aliphatic heterocycles. The molecule has 2 nitrogen and oxygen atoms in total. The Morgan fingerprint density at radius 1 is 1.47 bits per heavy atom. The Morgan fingerprint density at radius 2 is 2.26 bits per heavy atom. The molecule has 1 aromatic carbocycles. The highest BCUT2D eigenvalue weighted by molar-refractivity contribution is 6.30. The monoisotopic (exact) mass is 284 g/mol. The zero-order chi connectivity index (χ0) is 13.8. The van der Waals surface area contributed by atoms with E-state index < -0.39 is 0 Å². The average molecular weight is 285 g/mol. The van der Waals surface area contributed by atoms with Crippen LogP contribution in [0.2, 0.25) is 5.02 Å². The third kappa shape index (κ3) is 4.16. The zero-order valence-electron chi connectivity index (χ0n) is 11.6. The van der Waals surface area contributed by atoms with Crippen LogP contribution in [0.5, 0.6) is 0 Å². The number of rotatable bonds is 5. The van der Waals surface area contributed by atoms with Crippen LogP contribution in [-0.2, 0) is 6.54 Å². The molecule has 0 radical (unpaired) electrons. The molecule has 1 aliphatic rings. The van der Waals surface area contributed by atoms with E-state index in [0.29, 0.717) is 29.1 Å². The number of hydrogen-bond acceptors (Lipinski definition) is 2. The summed E-state index contributed by atoms with van der Waals surface area (Å²) in [5, 5.41) is 3.80. The highest BCUT2D eigenvalue weighted by Crippen LogP contribution is 2.18. The van der Waals surface area contributed by atoms with Gasteiger partial charge in [0.2, 0.25) is 0 Å². The highest BCUT2D eigenvalue weighted by Gasteiger charge is 2.23. The smallest absolute Gasteiger partial charge is 0.129 e. The molecule has 0 aliphatic carbocycles. The molecular formula is C15H22ClFN2. The SMILES string of the molecule is CC(C)N1CCC(CNCc2ccc(Cl)cc2F)C1. The lowest BCUT2D eigenvalue weighted by Crippen LogP contribution is -2.30. The number of hydrogen-bond donors (Lipinski definition) is 1. The Bertz CT molecular complexity index is 423. The first-order chi connectivity index (χ1) is 9.06. The maximum absolute atomic E-state index is 13.6. The van der Waals surface area contributed by atoms with Gasteiger partial charge < -0.3 is 10.2 Å². The second-order valence-corrected chi connectivity index (χ2v) is 6.05. The molecule has 2 rings (SSSR count). The Balaban J connectivity index is 1.75. The van der Waals surface area contributed by atoms with E-state index in [1.54, 1.807) is 12.1 Å². The van der Waals surface area contributed by atoms with E-state index in [1.807, 2.05) is 0 Å². The summed E-state index contributed by atoms with van der Waals surface area (Å²) in [7, 11) is 0. The number of halogens is 2. The van der Waals surface area contributed by atoms with Crippen molar-refractivity contribution in [3.63, 3.8) is 0 Å². The summed E-state index contributed by atoms with van der Waals surface area (Å²) < 4.78 is 13.6. The normalized spacial score (nSPS) is 20.4. The van der Waals surface area contributed by atoms with Crippen molar-refractivity contribution in [1.82, 2.24) is 10.2 Å². The first kappa shape index (κ1) is 14.8. The molecule has 0 saturated carbocycles. The Hall–Kier alpha value is -0.640. The summed E-state index contributed by atoms with van der Waals surface area (Å²) in [5.41, 5.74) is 0.683. The van der Waals surface area contributed by atoms with Gasteiger partial charge in [0.15, 0.2) is 0 Å². The number of nitrogens with zero attached hydrogens (tertiary/aromatic N) is 1. The molecule has 19 heavy (non-hydrogen) atoms. The molecule has 1 heterocycles.